The number of sulfonamides is 1. The van der Waals surface area contributed by atoms with Gasteiger partial charge in [-0.25, -0.2) is 12.7 Å². The van der Waals surface area contributed by atoms with Crippen LogP contribution in [0.5, 0.6) is 0 Å². The Hall–Kier alpha value is -2.37. The van der Waals surface area contributed by atoms with Crippen LogP contribution < -0.4 is 10.4 Å². The molecule has 0 radical (unpaired) electrons. The molecule has 6 rings (SSSR count). The predicted molar refractivity (Wildman–Crippen MR) is 192 cm³/mol. The second-order valence-corrected chi connectivity index (χ2v) is 21.7. The number of rotatable bonds is 11. The molecule has 1 heterocycles. The standard InChI is InChI=1S/C38H48ClNO6SSi/c1-37(2,3)48(31-13-7-5-8-14-31,32-15-9-6-10-16-32)45-26-33-34-23-29(41)24-38(34,25-35(33)46-36-17-11-12-22-44-36)27-40(4)47(42,43)30-20-18-28(39)19-21-30/h5-10,13-16,18-21,33-36H,11-12,17,22-27H2,1-4H3/t33-,34-,35-,36?,38+/m1/s1. The normalized spacial score (nSPS) is 26.6. The van der Waals surface area contributed by atoms with Crippen molar-refractivity contribution in [3.05, 3.63) is 90.0 Å². The maximum atomic E-state index is 13.8. The third-order valence-corrected chi connectivity index (χ3v) is 17.9. The third kappa shape index (κ3) is 6.84. The average Bonchev–Trinajstić information content (AvgIpc) is 3.51. The Labute approximate surface area is 292 Å². The highest BCUT2D eigenvalue weighted by Crippen LogP contribution is 2.58. The van der Waals surface area contributed by atoms with E-state index in [4.69, 9.17) is 25.5 Å². The van der Waals surface area contributed by atoms with E-state index in [9.17, 15) is 13.2 Å². The van der Waals surface area contributed by atoms with Gasteiger partial charge in [0.2, 0.25) is 10.0 Å². The average molecular weight is 710 g/mol. The maximum Gasteiger partial charge on any atom is 0.261 e. The van der Waals surface area contributed by atoms with Gasteiger partial charge in [0.1, 0.15) is 5.78 Å². The largest absolute Gasteiger partial charge is 0.407 e. The van der Waals surface area contributed by atoms with E-state index in [2.05, 4.69) is 69.3 Å². The second kappa shape index (κ2) is 14.1. The first-order chi connectivity index (χ1) is 22.9. The van der Waals surface area contributed by atoms with Gasteiger partial charge >= 0.3 is 0 Å². The summed E-state index contributed by atoms with van der Waals surface area (Å²) in [6, 6.07) is 27.4. The summed E-state index contributed by atoms with van der Waals surface area (Å²) in [5, 5.41) is 2.64. The van der Waals surface area contributed by atoms with Crippen LogP contribution in [0, 0.1) is 17.3 Å². The Morgan fingerprint density at radius 2 is 1.58 bits per heavy atom. The highest BCUT2D eigenvalue weighted by Gasteiger charge is 2.61. The van der Waals surface area contributed by atoms with E-state index in [-0.39, 0.29) is 46.5 Å². The van der Waals surface area contributed by atoms with Gasteiger partial charge in [0, 0.05) is 50.6 Å². The van der Waals surface area contributed by atoms with E-state index in [1.54, 1.807) is 19.2 Å². The van der Waals surface area contributed by atoms with Gasteiger partial charge in [0.25, 0.3) is 8.32 Å². The van der Waals surface area contributed by atoms with E-state index in [0.717, 1.165) is 19.3 Å². The lowest BCUT2D eigenvalue weighted by Gasteiger charge is -2.44. The summed E-state index contributed by atoms with van der Waals surface area (Å²) in [7, 11) is -5.09. The van der Waals surface area contributed by atoms with E-state index in [1.165, 1.54) is 26.8 Å². The van der Waals surface area contributed by atoms with Crippen molar-refractivity contribution in [2.24, 2.45) is 17.3 Å². The van der Waals surface area contributed by atoms with Crippen molar-refractivity contribution in [2.75, 3.05) is 26.8 Å². The van der Waals surface area contributed by atoms with E-state index in [0.29, 0.717) is 37.5 Å². The lowest BCUT2D eigenvalue weighted by molar-refractivity contribution is -0.198. The smallest absolute Gasteiger partial charge is 0.261 e. The van der Waals surface area contributed by atoms with Crippen molar-refractivity contribution in [1.82, 2.24) is 4.31 Å². The second-order valence-electron chi connectivity index (χ2n) is 14.9. The monoisotopic (exact) mass is 709 g/mol. The molecule has 7 nitrogen and oxygen atoms in total. The van der Waals surface area contributed by atoms with Gasteiger partial charge in [-0.2, -0.15) is 0 Å². The molecule has 258 valence electrons. The molecule has 1 unspecified atom stereocenters. The molecule has 0 aromatic heterocycles. The van der Waals surface area contributed by atoms with Crippen molar-refractivity contribution in [3.63, 3.8) is 0 Å². The summed E-state index contributed by atoms with van der Waals surface area (Å²) < 4.78 is 49.3. The third-order valence-electron chi connectivity index (χ3n) is 10.8. The van der Waals surface area contributed by atoms with Crippen LogP contribution in [0.4, 0.5) is 0 Å². The van der Waals surface area contributed by atoms with Crippen LogP contribution in [0.25, 0.3) is 0 Å². The number of ether oxygens (including phenoxy) is 2. The van der Waals surface area contributed by atoms with Gasteiger partial charge in [0.05, 0.1) is 11.0 Å². The molecule has 10 heteroatoms. The van der Waals surface area contributed by atoms with Crippen LogP contribution >= 0.6 is 11.6 Å². The van der Waals surface area contributed by atoms with Crippen LogP contribution in [0.15, 0.2) is 89.8 Å². The zero-order valence-electron chi connectivity index (χ0n) is 28.4. The first-order valence-electron chi connectivity index (χ1n) is 17.1. The molecule has 5 atom stereocenters. The summed E-state index contributed by atoms with van der Waals surface area (Å²) in [6.45, 7) is 8.07. The Morgan fingerprint density at radius 1 is 0.958 bits per heavy atom. The fourth-order valence-corrected chi connectivity index (χ4v) is 14.6. The quantitative estimate of drug-likeness (QED) is 0.214. The summed E-state index contributed by atoms with van der Waals surface area (Å²) in [6.07, 6.45) is 3.58. The van der Waals surface area contributed by atoms with Crippen molar-refractivity contribution in [1.29, 1.82) is 0 Å². The molecule has 0 N–H and O–H groups in total. The minimum atomic E-state index is -3.82. The van der Waals surface area contributed by atoms with Crippen molar-refractivity contribution < 1.29 is 27.1 Å². The molecule has 3 fully saturated rings. The highest BCUT2D eigenvalue weighted by molar-refractivity contribution is 7.89. The van der Waals surface area contributed by atoms with Crippen LogP contribution in [0.3, 0.4) is 0 Å². The van der Waals surface area contributed by atoms with Gasteiger partial charge in [-0.1, -0.05) is 93.0 Å². The molecule has 2 saturated carbocycles. The first kappa shape index (κ1) is 35.5. The molecule has 1 aliphatic heterocycles. The number of hydrogen-bond acceptors (Lipinski definition) is 6. The summed E-state index contributed by atoms with van der Waals surface area (Å²) in [5.41, 5.74) is -0.579. The Balaban J connectivity index is 1.37. The topological polar surface area (TPSA) is 82.1 Å². The van der Waals surface area contributed by atoms with Crippen LogP contribution in [-0.4, -0.2) is 66.0 Å². The number of carbonyl (C=O) groups is 1. The lowest BCUT2D eigenvalue weighted by Crippen LogP contribution is -2.67. The van der Waals surface area contributed by atoms with Crippen molar-refractivity contribution >= 4 is 46.1 Å². The molecule has 1 saturated heterocycles. The maximum absolute atomic E-state index is 13.8. The molecular formula is C38H48ClNO6SSi. The molecule has 48 heavy (non-hydrogen) atoms. The summed E-state index contributed by atoms with van der Waals surface area (Å²) in [4.78, 5) is 13.5. The zero-order valence-corrected chi connectivity index (χ0v) is 31.0. The molecule has 0 bridgehead atoms. The van der Waals surface area contributed by atoms with Crippen LogP contribution in [-0.2, 0) is 28.7 Å². The Morgan fingerprint density at radius 3 is 2.15 bits per heavy atom. The molecular weight excluding hydrogens is 662 g/mol. The molecule has 0 amide bonds. The Bertz CT molecular complexity index is 1620. The minimum absolute atomic E-state index is 0.0975. The molecule has 3 aromatic rings. The van der Waals surface area contributed by atoms with Gasteiger partial charge in [-0.3, -0.25) is 4.79 Å². The van der Waals surface area contributed by atoms with E-state index in [1.807, 2.05) is 12.1 Å². The van der Waals surface area contributed by atoms with Crippen LogP contribution in [0.1, 0.15) is 59.3 Å². The number of Topliss-reactive ketones (excluding diaryl/α,β-unsaturated/α-hetero) is 1. The van der Waals surface area contributed by atoms with Gasteiger partial charge in [-0.05, 0) is 76.7 Å². The SMILES string of the molecule is CN(C[C@@]12CC(=O)C[C@@H]1[C@@H](CO[Si](c1ccccc1)(c1ccccc1)C(C)(C)C)[C@H](OC1CCCCO1)C2)S(=O)(=O)c1ccc(Cl)cc1. The molecule has 3 aliphatic rings. The highest BCUT2D eigenvalue weighted by atomic mass is 35.5. The van der Waals surface area contributed by atoms with Crippen molar-refractivity contribution in [2.45, 2.75) is 81.6 Å². The Kier molecular flexibility index (Phi) is 10.4. The lowest BCUT2D eigenvalue weighted by atomic mass is 9.78. The number of nitrogens with zero attached hydrogens (tertiary/aromatic N) is 1. The molecule has 2 aliphatic carbocycles. The molecule has 3 aromatic carbocycles. The number of fused-ring (bicyclic) bond motifs is 1. The minimum Gasteiger partial charge on any atom is -0.407 e. The van der Waals surface area contributed by atoms with Gasteiger partial charge in [-0.15, -0.1) is 0 Å². The van der Waals surface area contributed by atoms with E-state index >= 15 is 0 Å². The van der Waals surface area contributed by atoms with E-state index < -0.39 is 23.8 Å². The van der Waals surface area contributed by atoms with Gasteiger partial charge < -0.3 is 13.9 Å². The number of halogens is 1. The van der Waals surface area contributed by atoms with Crippen molar-refractivity contribution in [3.8, 4) is 0 Å². The fraction of sp³-hybridized carbons (Fsp3) is 0.500. The summed E-state index contributed by atoms with van der Waals surface area (Å²) >= 11 is 6.07. The summed E-state index contributed by atoms with van der Waals surface area (Å²) in [5.74, 6) is -0.0463. The van der Waals surface area contributed by atoms with Gasteiger partial charge in [0.15, 0.2) is 6.29 Å². The number of hydrogen-bond donors (Lipinski definition) is 0. The number of carbonyl (C=O) groups excluding carboxylic acids is 1. The first-order valence-corrected chi connectivity index (χ1v) is 20.8. The number of ketones is 1. The number of benzene rings is 3. The van der Waals surface area contributed by atoms with Crippen LogP contribution in [0.2, 0.25) is 10.1 Å². The zero-order chi connectivity index (χ0) is 34.2. The fourth-order valence-electron chi connectivity index (χ4n) is 8.62. The predicted octanol–water partition coefficient (Wildman–Crippen LogP) is 6.43. The molecule has 0 spiro atoms.